The lowest BCUT2D eigenvalue weighted by molar-refractivity contribution is -0.134. The maximum absolute atomic E-state index is 14.7. The number of aryl methyl sites for hydroxylation is 1. The molecule has 4 atom stereocenters. The van der Waals surface area contributed by atoms with Gasteiger partial charge >= 0.3 is 0 Å². The van der Waals surface area contributed by atoms with Crippen LogP contribution in [0.2, 0.25) is 0 Å². The number of allylic oxidation sites excluding steroid dienone is 4. The third-order valence-corrected chi connectivity index (χ3v) is 10.9. The Hall–Kier alpha value is -2.29. The van der Waals surface area contributed by atoms with Gasteiger partial charge in [-0.05, 0) is 106 Å². The van der Waals surface area contributed by atoms with Crippen LogP contribution in [0.5, 0.6) is 0 Å². The second-order valence-corrected chi connectivity index (χ2v) is 14.0. The van der Waals surface area contributed by atoms with E-state index in [0.29, 0.717) is 23.8 Å². The first kappa shape index (κ1) is 31.2. The van der Waals surface area contributed by atoms with Crippen LogP contribution in [0.4, 0.5) is 0 Å². The van der Waals surface area contributed by atoms with E-state index in [1.807, 2.05) is 20.8 Å². The average molecular weight is 533 g/mol. The highest BCUT2D eigenvalue weighted by molar-refractivity contribution is 6.24. The zero-order valence-electron chi connectivity index (χ0n) is 25.7. The van der Waals surface area contributed by atoms with E-state index in [0.717, 1.165) is 60.0 Å². The van der Waals surface area contributed by atoms with E-state index in [1.165, 1.54) is 23.6 Å². The van der Waals surface area contributed by atoms with Gasteiger partial charge in [0.2, 0.25) is 0 Å². The van der Waals surface area contributed by atoms with Crippen molar-refractivity contribution in [2.24, 2.45) is 22.2 Å². The fraction of sp³-hybridized carbons (Fsp3) is 0.639. The number of Topliss-reactive ketones (excluding diaryl/α,β-unsaturated/α-hetero) is 3. The summed E-state index contributed by atoms with van der Waals surface area (Å²) in [6, 6.07) is 2.39. The lowest BCUT2D eigenvalue weighted by Crippen LogP contribution is -2.57. The maximum Gasteiger partial charge on any atom is 0.190 e. The summed E-state index contributed by atoms with van der Waals surface area (Å²) in [6.45, 7) is 23.1. The standard InChI is InChI=1S/C35H48O3.CH4/c1-12-20(4)13-14-25-15-26(19(2)3)27-17-33(9)18-34(10)16-21(5)28(24(8)36)32(38)35(34,11)23(7)30(33)31(37)29(27)22(25)6;/h15,19-20H,12-14,16-18H2,1-11H3;1H4/t20?,33-,34+,35+;/m1./s1. The molecule has 1 aromatic carbocycles. The molecule has 3 nitrogen and oxygen atoms in total. The summed E-state index contributed by atoms with van der Waals surface area (Å²) in [5.74, 6) is 0.841. The number of hydrogen-bond acceptors (Lipinski definition) is 3. The summed E-state index contributed by atoms with van der Waals surface area (Å²) >= 11 is 0. The van der Waals surface area contributed by atoms with Crippen molar-refractivity contribution in [1.29, 1.82) is 0 Å². The van der Waals surface area contributed by atoms with Crippen molar-refractivity contribution in [3.63, 3.8) is 0 Å². The highest BCUT2D eigenvalue weighted by atomic mass is 16.2. The van der Waals surface area contributed by atoms with Crippen molar-refractivity contribution in [2.45, 2.75) is 128 Å². The van der Waals surface area contributed by atoms with Crippen LogP contribution < -0.4 is 0 Å². The minimum Gasteiger partial charge on any atom is -0.294 e. The van der Waals surface area contributed by atoms with Crippen LogP contribution in [-0.4, -0.2) is 17.3 Å². The quantitative estimate of drug-likeness (QED) is 0.343. The molecule has 0 radical (unpaired) electrons. The van der Waals surface area contributed by atoms with Gasteiger partial charge in [-0.1, -0.05) is 72.6 Å². The Labute approximate surface area is 237 Å². The molecule has 1 aromatic rings. The molecule has 3 heteroatoms. The van der Waals surface area contributed by atoms with Crippen LogP contribution in [0.25, 0.3) is 0 Å². The minimum absolute atomic E-state index is 0. The van der Waals surface area contributed by atoms with Gasteiger partial charge in [0.15, 0.2) is 17.3 Å². The van der Waals surface area contributed by atoms with Crippen molar-refractivity contribution in [3.8, 4) is 0 Å². The van der Waals surface area contributed by atoms with Crippen LogP contribution in [0.3, 0.4) is 0 Å². The van der Waals surface area contributed by atoms with Crippen LogP contribution >= 0.6 is 0 Å². The molecule has 4 rings (SSSR count). The third-order valence-electron chi connectivity index (χ3n) is 10.9. The fourth-order valence-electron chi connectivity index (χ4n) is 8.45. The Kier molecular flexibility index (Phi) is 8.23. The van der Waals surface area contributed by atoms with Crippen LogP contribution in [0.15, 0.2) is 28.4 Å². The van der Waals surface area contributed by atoms with Gasteiger partial charge in [-0.15, -0.1) is 0 Å². The Bertz CT molecular complexity index is 1300. The van der Waals surface area contributed by atoms with E-state index in [2.05, 4.69) is 54.5 Å². The Morgan fingerprint density at radius 2 is 1.64 bits per heavy atom. The molecule has 0 bridgehead atoms. The van der Waals surface area contributed by atoms with Gasteiger partial charge in [0.25, 0.3) is 0 Å². The molecule has 0 spiro atoms. The van der Waals surface area contributed by atoms with E-state index in [-0.39, 0.29) is 35.6 Å². The molecule has 0 aliphatic heterocycles. The number of rotatable bonds is 6. The molecule has 0 aromatic heterocycles. The smallest absolute Gasteiger partial charge is 0.190 e. The first-order valence-corrected chi connectivity index (χ1v) is 14.7. The molecule has 214 valence electrons. The van der Waals surface area contributed by atoms with Crippen LogP contribution in [-0.2, 0) is 22.4 Å². The number of carbonyl (C=O) groups excluding carboxylic acids is 3. The first-order chi connectivity index (χ1) is 17.5. The first-order valence-electron chi connectivity index (χ1n) is 14.7. The highest BCUT2D eigenvalue weighted by Gasteiger charge is 2.63. The van der Waals surface area contributed by atoms with Crippen molar-refractivity contribution in [1.82, 2.24) is 0 Å². The van der Waals surface area contributed by atoms with E-state index in [4.69, 9.17) is 0 Å². The third kappa shape index (κ3) is 4.43. The van der Waals surface area contributed by atoms with E-state index >= 15 is 0 Å². The van der Waals surface area contributed by atoms with Gasteiger partial charge in [-0.2, -0.15) is 0 Å². The summed E-state index contributed by atoms with van der Waals surface area (Å²) in [6.07, 6.45) is 5.54. The van der Waals surface area contributed by atoms with Gasteiger partial charge in [0.05, 0.1) is 11.0 Å². The van der Waals surface area contributed by atoms with E-state index in [1.54, 1.807) is 0 Å². The van der Waals surface area contributed by atoms with Gasteiger partial charge in [-0.3, -0.25) is 14.4 Å². The molecule has 0 N–H and O–H groups in total. The summed E-state index contributed by atoms with van der Waals surface area (Å²) in [7, 11) is 0. The van der Waals surface area contributed by atoms with Crippen molar-refractivity contribution < 1.29 is 14.4 Å². The van der Waals surface area contributed by atoms with Gasteiger partial charge in [0.1, 0.15) is 0 Å². The zero-order chi connectivity index (χ0) is 28.5. The molecule has 0 saturated heterocycles. The predicted molar refractivity (Wildman–Crippen MR) is 162 cm³/mol. The fourth-order valence-corrected chi connectivity index (χ4v) is 8.45. The van der Waals surface area contributed by atoms with E-state index < -0.39 is 5.41 Å². The van der Waals surface area contributed by atoms with Crippen LogP contribution in [0.1, 0.15) is 141 Å². The maximum atomic E-state index is 14.7. The minimum atomic E-state index is -0.863. The normalized spacial score (nSPS) is 29.1. The van der Waals surface area contributed by atoms with Gasteiger partial charge in [-0.25, -0.2) is 0 Å². The second kappa shape index (κ2) is 10.3. The number of carbonyl (C=O) groups is 3. The molecular formula is C36H52O3. The molecule has 0 amide bonds. The number of fused-ring (bicyclic) bond motifs is 3. The Balaban J connectivity index is 0.00000420. The molecule has 0 saturated carbocycles. The van der Waals surface area contributed by atoms with Crippen molar-refractivity contribution >= 4 is 17.3 Å². The number of benzene rings is 1. The number of ketones is 3. The lowest BCUT2D eigenvalue weighted by atomic mass is 9.42. The molecule has 0 fully saturated rings. The largest absolute Gasteiger partial charge is 0.294 e. The van der Waals surface area contributed by atoms with E-state index in [9.17, 15) is 14.4 Å². The summed E-state index contributed by atoms with van der Waals surface area (Å²) < 4.78 is 0. The van der Waals surface area contributed by atoms with Crippen molar-refractivity contribution in [2.75, 3.05) is 0 Å². The summed E-state index contributed by atoms with van der Waals surface area (Å²) in [5, 5.41) is 0. The zero-order valence-corrected chi connectivity index (χ0v) is 25.7. The average Bonchev–Trinajstić information content (AvgIpc) is 2.79. The van der Waals surface area contributed by atoms with Gasteiger partial charge < -0.3 is 0 Å². The Morgan fingerprint density at radius 3 is 2.18 bits per heavy atom. The Morgan fingerprint density at radius 1 is 1.03 bits per heavy atom. The van der Waals surface area contributed by atoms with Crippen molar-refractivity contribution in [3.05, 3.63) is 56.2 Å². The number of hydrogen-bond donors (Lipinski definition) is 0. The highest BCUT2D eigenvalue weighted by Crippen LogP contribution is 2.66. The molecule has 3 aliphatic carbocycles. The SMILES string of the molecule is C.CCC(C)CCc1cc(C(C)C)c2c(c1C)C(=O)C1=C(C)[C@@]3(C)C(=O)C(C(C)=O)=C(C)C[C@@]3(C)C[C@@]1(C)C2. The molecule has 3 aliphatic rings. The van der Waals surface area contributed by atoms with Crippen LogP contribution in [0, 0.1) is 29.1 Å². The molecular weight excluding hydrogens is 480 g/mol. The predicted octanol–water partition coefficient (Wildman–Crippen LogP) is 9.09. The molecule has 1 unspecified atom stereocenters. The lowest BCUT2D eigenvalue weighted by Gasteiger charge is -2.59. The molecule has 39 heavy (non-hydrogen) atoms. The summed E-state index contributed by atoms with van der Waals surface area (Å²) in [5.41, 5.74) is 7.24. The monoisotopic (exact) mass is 532 g/mol. The topological polar surface area (TPSA) is 51.2 Å². The van der Waals surface area contributed by atoms with Gasteiger partial charge in [0, 0.05) is 16.6 Å². The second-order valence-electron chi connectivity index (χ2n) is 14.0. The molecule has 0 heterocycles. The summed E-state index contributed by atoms with van der Waals surface area (Å²) in [4.78, 5) is 41.3.